The molecule has 8 heteroatoms. The number of carbonyl (C=O) groups is 1. The molecule has 3 rings (SSSR count). The first-order valence-corrected chi connectivity index (χ1v) is 12.4. The normalized spacial score (nSPS) is 16.1. The van der Waals surface area contributed by atoms with Crippen LogP contribution >= 0.6 is 36.2 Å². The molecule has 1 aromatic carbocycles. The summed E-state index contributed by atoms with van der Waals surface area (Å²) in [6, 6.07) is 13.6. The van der Waals surface area contributed by atoms with Crippen molar-refractivity contribution in [3.8, 4) is 0 Å². The lowest BCUT2D eigenvalue weighted by atomic mass is 10.1. The van der Waals surface area contributed by atoms with Crippen molar-refractivity contribution in [1.82, 2.24) is 10.2 Å². The summed E-state index contributed by atoms with van der Waals surface area (Å²) < 4.78 is 5.24. The summed E-state index contributed by atoms with van der Waals surface area (Å²) in [7, 11) is 0. The number of aliphatic hydroxyl groups excluding tert-OH is 1. The molecule has 2 heterocycles. The number of hydrogen-bond acceptors (Lipinski definition) is 6. The standard InChI is InChI=1S/C25H36N2O3S.2ClH/c1-2-30-25(29)23(26-16-10-13-20-11-6-5-7-12-20)24(28)22-15-14-21(31-22)19-27-17-8-3-4-9-18-27;;/h5-7,11-12,14-15,23-24,26,28H,2-4,8-10,13,16-19H2,1H3;2*1H. The van der Waals surface area contributed by atoms with Gasteiger partial charge in [0.1, 0.15) is 12.1 Å². The fourth-order valence-corrected chi connectivity index (χ4v) is 5.15. The molecule has 0 amide bonds. The topological polar surface area (TPSA) is 61.8 Å². The number of carbonyl (C=O) groups excluding carboxylic acids is 1. The van der Waals surface area contributed by atoms with Crippen LogP contribution in [0, 0.1) is 0 Å². The van der Waals surface area contributed by atoms with E-state index in [1.54, 1.807) is 18.3 Å². The summed E-state index contributed by atoms with van der Waals surface area (Å²) in [5, 5.41) is 14.2. The van der Waals surface area contributed by atoms with E-state index in [9.17, 15) is 9.90 Å². The third kappa shape index (κ3) is 9.93. The fourth-order valence-electron chi connectivity index (χ4n) is 4.07. The molecule has 2 N–H and O–H groups in total. The second-order valence-corrected chi connectivity index (χ2v) is 9.41. The van der Waals surface area contributed by atoms with Gasteiger partial charge in [-0.05, 0) is 69.9 Å². The highest BCUT2D eigenvalue weighted by molar-refractivity contribution is 7.12. The molecule has 33 heavy (non-hydrogen) atoms. The number of nitrogens with zero attached hydrogens (tertiary/aromatic N) is 1. The fraction of sp³-hybridized carbons (Fsp3) is 0.560. The Kier molecular flexibility index (Phi) is 14.9. The van der Waals surface area contributed by atoms with E-state index >= 15 is 0 Å². The lowest BCUT2D eigenvalue weighted by Crippen LogP contribution is -2.43. The van der Waals surface area contributed by atoms with Gasteiger partial charge in [-0.15, -0.1) is 36.2 Å². The second-order valence-electron chi connectivity index (χ2n) is 8.21. The average molecular weight is 518 g/mol. The van der Waals surface area contributed by atoms with Crippen LogP contribution in [0.3, 0.4) is 0 Å². The second kappa shape index (κ2) is 16.5. The first-order chi connectivity index (χ1) is 15.2. The molecule has 0 radical (unpaired) electrons. The molecular weight excluding hydrogens is 479 g/mol. The summed E-state index contributed by atoms with van der Waals surface area (Å²) in [6.45, 7) is 5.95. The van der Waals surface area contributed by atoms with E-state index in [-0.39, 0.29) is 24.8 Å². The highest BCUT2D eigenvalue weighted by atomic mass is 35.5. The number of esters is 1. The number of nitrogens with one attached hydrogen (secondary N) is 1. The van der Waals surface area contributed by atoms with Gasteiger partial charge < -0.3 is 15.2 Å². The van der Waals surface area contributed by atoms with Gasteiger partial charge in [-0.1, -0.05) is 43.2 Å². The number of aliphatic hydroxyl groups is 1. The maximum absolute atomic E-state index is 12.5. The molecule has 1 aliphatic rings. The van der Waals surface area contributed by atoms with E-state index in [1.165, 1.54) is 36.1 Å². The summed E-state index contributed by atoms with van der Waals surface area (Å²) >= 11 is 1.60. The van der Waals surface area contributed by atoms with Crippen molar-refractivity contribution in [3.05, 3.63) is 57.8 Å². The number of aryl methyl sites for hydroxylation is 1. The highest BCUT2D eigenvalue weighted by Gasteiger charge is 2.30. The Hall–Kier alpha value is -1.15. The first kappa shape index (κ1) is 29.9. The first-order valence-electron chi connectivity index (χ1n) is 11.6. The Morgan fingerprint density at radius 3 is 2.45 bits per heavy atom. The molecule has 2 atom stereocenters. The number of halogens is 2. The molecule has 2 unspecified atom stereocenters. The zero-order chi connectivity index (χ0) is 21.9. The molecular formula is C25H38Cl2N2O3S. The minimum Gasteiger partial charge on any atom is -0.465 e. The monoisotopic (exact) mass is 516 g/mol. The summed E-state index contributed by atoms with van der Waals surface area (Å²) in [5.74, 6) is -0.392. The zero-order valence-electron chi connectivity index (χ0n) is 19.4. The van der Waals surface area contributed by atoms with Crippen LogP contribution < -0.4 is 5.32 Å². The Morgan fingerprint density at radius 1 is 1.09 bits per heavy atom. The quantitative estimate of drug-likeness (QED) is 0.319. The SMILES string of the molecule is CCOC(=O)C(NCCCc1ccccc1)C(O)c1ccc(CN2CCCCCC2)s1.Cl.Cl. The average Bonchev–Trinajstić information content (AvgIpc) is 3.09. The third-order valence-corrected chi connectivity index (χ3v) is 6.90. The molecule has 0 spiro atoms. The van der Waals surface area contributed by atoms with Crippen LogP contribution in [0.1, 0.15) is 60.4 Å². The van der Waals surface area contributed by atoms with Crippen LogP contribution in [0.4, 0.5) is 0 Å². The number of rotatable bonds is 11. The van der Waals surface area contributed by atoms with Crippen molar-refractivity contribution < 1.29 is 14.6 Å². The highest BCUT2D eigenvalue weighted by Crippen LogP contribution is 2.28. The molecule has 186 valence electrons. The van der Waals surface area contributed by atoms with Crippen LogP contribution in [-0.4, -0.2) is 48.3 Å². The molecule has 0 saturated carbocycles. The van der Waals surface area contributed by atoms with E-state index in [2.05, 4.69) is 28.4 Å². The van der Waals surface area contributed by atoms with Gasteiger partial charge in [0, 0.05) is 16.3 Å². The largest absolute Gasteiger partial charge is 0.465 e. The van der Waals surface area contributed by atoms with Crippen LogP contribution in [0.25, 0.3) is 0 Å². The van der Waals surface area contributed by atoms with Crippen molar-refractivity contribution in [2.45, 2.75) is 64.1 Å². The van der Waals surface area contributed by atoms with Crippen molar-refractivity contribution >= 4 is 42.1 Å². The van der Waals surface area contributed by atoms with Crippen molar-refractivity contribution in [2.75, 3.05) is 26.2 Å². The molecule has 1 aliphatic heterocycles. The lowest BCUT2D eigenvalue weighted by Gasteiger charge is -2.22. The summed E-state index contributed by atoms with van der Waals surface area (Å²) in [4.78, 5) is 17.1. The lowest BCUT2D eigenvalue weighted by molar-refractivity contribution is -0.148. The number of likely N-dealkylation sites (tertiary alicyclic amines) is 1. The number of benzene rings is 1. The van der Waals surface area contributed by atoms with Crippen LogP contribution in [-0.2, 0) is 22.5 Å². The van der Waals surface area contributed by atoms with Crippen LogP contribution in [0.15, 0.2) is 42.5 Å². The molecule has 5 nitrogen and oxygen atoms in total. The number of ether oxygens (including phenoxy) is 1. The zero-order valence-corrected chi connectivity index (χ0v) is 21.9. The minimum absolute atomic E-state index is 0. The Morgan fingerprint density at radius 2 is 1.79 bits per heavy atom. The Bertz CT molecular complexity index is 783. The van der Waals surface area contributed by atoms with Gasteiger partial charge in [-0.2, -0.15) is 0 Å². The van der Waals surface area contributed by atoms with Crippen molar-refractivity contribution in [3.63, 3.8) is 0 Å². The predicted octanol–water partition coefficient (Wildman–Crippen LogP) is 5.16. The van der Waals surface area contributed by atoms with Gasteiger partial charge in [0.25, 0.3) is 0 Å². The minimum atomic E-state index is -0.904. The van der Waals surface area contributed by atoms with E-state index in [0.717, 1.165) is 37.4 Å². The van der Waals surface area contributed by atoms with Gasteiger partial charge in [0.2, 0.25) is 0 Å². The smallest absolute Gasteiger partial charge is 0.326 e. The Balaban J connectivity index is 0.00000272. The van der Waals surface area contributed by atoms with E-state index in [0.29, 0.717) is 13.2 Å². The van der Waals surface area contributed by atoms with E-state index < -0.39 is 18.1 Å². The summed E-state index contributed by atoms with van der Waals surface area (Å²) in [5.41, 5.74) is 1.27. The molecule has 1 saturated heterocycles. The van der Waals surface area contributed by atoms with Crippen molar-refractivity contribution in [2.24, 2.45) is 0 Å². The summed E-state index contributed by atoms with van der Waals surface area (Å²) in [6.07, 6.45) is 6.08. The molecule has 0 bridgehead atoms. The number of hydrogen-bond donors (Lipinski definition) is 2. The van der Waals surface area contributed by atoms with Gasteiger partial charge in [0.15, 0.2) is 0 Å². The van der Waals surface area contributed by atoms with E-state index in [1.807, 2.05) is 24.3 Å². The van der Waals surface area contributed by atoms with Gasteiger partial charge >= 0.3 is 5.97 Å². The molecule has 1 fully saturated rings. The van der Waals surface area contributed by atoms with Gasteiger partial charge in [0.05, 0.1) is 6.61 Å². The maximum atomic E-state index is 12.5. The van der Waals surface area contributed by atoms with Gasteiger partial charge in [-0.3, -0.25) is 9.69 Å². The third-order valence-electron chi connectivity index (χ3n) is 5.76. The molecule has 2 aromatic rings. The van der Waals surface area contributed by atoms with Gasteiger partial charge in [-0.25, -0.2) is 0 Å². The molecule has 0 aliphatic carbocycles. The van der Waals surface area contributed by atoms with Crippen LogP contribution in [0.2, 0.25) is 0 Å². The van der Waals surface area contributed by atoms with Crippen LogP contribution in [0.5, 0.6) is 0 Å². The maximum Gasteiger partial charge on any atom is 0.326 e. The van der Waals surface area contributed by atoms with Crippen molar-refractivity contribution in [1.29, 1.82) is 0 Å². The van der Waals surface area contributed by atoms with E-state index in [4.69, 9.17) is 4.74 Å². The Labute approximate surface area is 214 Å². The predicted molar refractivity (Wildman–Crippen MR) is 141 cm³/mol. The number of thiophene rings is 1. The molecule has 1 aromatic heterocycles.